The van der Waals surface area contributed by atoms with Crippen LogP contribution in [-0.4, -0.2) is 25.2 Å². The van der Waals surface area contributed by atoms with Gasteiger partial charge in [0, 0.05) is 24.4 Å². The van der Waals surface area contributed by atoms with E-state index in [1.807, 2.05) is 18.2 Å². The van der Waals surface area contributed by atoms with Gasteiger partial charge >= 0.3 is 0 Å². The molecule has 2 aromatic rings. The number of nitrogens with zero attached hydrogens (tertiary/aromatic N) is 1. The first-order chi connectivity index (χ1) is 9.61. The summed E-state index contributed by atoms with van der Waals surface area (Å²) in [5.74, 6) is 0.740. The number of para-hydroxylation sites is 1. The average molecular weight is 271 g/mol. The highest BCUT2D eigenvalue weighted by Crippen LogP contribution is 2.22. The number of rotatable bonds is 4. The number of carbonyl (C=O) groups is 1. The maximum absolute atomic E-state index is 12.2. The zero-order valence-electron chi connectivity index (χ0n) is 11.5. The molecule has 2 rings (SSSR count). The lowest BCUT2D eigenvalue weighted by Gasteiger charge is -2.18. The number of phenols is 1. The van der Waals surface area contributed by atoms with Crippen molar-refractivity contribution in [2.45, 2.75) is 6.42 Å². The number of methoxy groups -OCH3 is 1. The molecule has 0 spiro atoms. The maximum Gasteiger partial charge on any atom is 0.231 e. The molecule has 0 atom stereocenters. The van der Waals surface area contributed by atoms with Crippen LogP contribution < -0.4 is 9.64 Å². The third kappa shape index (κ3) is 3.09. The predicted octanol–water partition coefficient (Wildman–Crippen LogP) is 2.61. The molecule has 0 heterocycles. The summed E-state index contributed by atoms with van der Waals surface area (Å²) in [7, 11) is 3.29. The van der Waals surface area contributed by atoms with Gasteiger partial charge in [0.2, 0.25) is 5.91 Å². The summed E-state index contributed by atoms with van der Waals surface area (Å²) in [6, 6.07) is 14.1. The summed E-state index contributed by atoms with van der Waals surface area (Å²) >= 11 is 0. The summed E-state index contributed by atoms with van der Waals surface area (Å²) in [4.78, 5) is 13.8. The van der Waals surface area contributed by atoms with Gasteiger partial charge in [-0.2, -0.15) is 0 Å². The lowest BCUT2D eigenvalue weighted by molar-refractivity contribution is -0.117. The van der Waals surface area contributed by atoms with Crippen LogP contribution in [0.15, 0.2) is 48.5 Å². The van der Waals surface area contributed by atoms with Gasteiger partial charge < -0.3 is 14.7 Å². The predicted molar refractivity (Wildman–Crippen MR) is 78.2 cm³/mol. The number of aromatic hydroxyl groups is 1. The lowest BCUT2D eigenvalue weighted by atomic mass is 10.1. The Morgan fingerprint density at radius 2 is 1.95 bits per heavy atom. The molecular formula is C16H17NO3. The monoisotopic (exact) mass is 271 g/mol. The highest BCUT2D eigenvalue weighted by atomic mass is 16.5. The molecule has 0 aromatic heterocycles. The Labute approximate surface area is 118 Å². The molecule has 4 heteroatoms. The van der Waals surface area contributed by atoms with Gasteiger partial charge in [-0.15, -0.1) is 0 Å². The molecule has 2 aromatic carbocycles. The van der Waals surface area contributed by atoms with Crippen molar-refractivity contribution in [2.75, 3.05) is 19.1 Å². The van der Waals surface area contributed by atoms with E-state index in [2.05, 4.69) is 0 Å². The number of hydrogen-bond donors (Lipinski definition) is 1. The molecule has 0 saturated heterocycles. The van der Waals surface area contributed by atoms with E-state index in [-0.39, 0.29) is 18.1 Å². The molecule has 4 nitrogen and oxygen atoms in total. The summed E-state index contributed by atoms with van der Waals surface area (Å²) in [5.41, 5.74) is 1.37. The van der Waals surface area contributed by atoms with Crippen LogP contribution in [0.2, 0.25) is 0 Å². The molecule has 0 aliphatic heterocycles. The van der Waals surface area contributed by atoms with Gasteiger partial charge in [-0.05, 0) is 18.2 Å². The van der Waals surface area contributed by atoms with Gasteiger partial charge in [-0.1, -0.05) is 24.3 Å². The molecular weight excluding hydrogens is 254 g/mol. The summed E-state index contributed by atoms with van der Waals surface area (Å²) in [6.45, 7) is 0. The molecule has 0 aliphatic rings. The van der Waals surface area contributed by atoms with Crippen LogP contribution in [0.4, 0.5) is 5.69 Å². The third-order valence-corrected chi connectivity index (χ3v) is 3.15. The molecule has 0 saturated carbocycles. The van der Waals surface area contributed by atoms with Crippen LogP contribution in [0.25, 0.3) is 0 Å². The Morgan fingerprint density at radius 1 is 1.20 bits per heavy atom. The van der Waals surface area contributed by atoms with Crippen LogP contribution in [0.3, 0.4) is 0 Å². The normalized spacial score (nSPS) is 10.1. The van der Waals surface area contributed by atoms with Crippen molar-refractivity contribution in [1.29, 1.82) is 0 Å². The minimum absolute atomic E-state index is 0.0975. The van der Waals surface area contributed by atoms with Gasteiger partial charge in [0.05, 0.1) is 13.5 Å². The quantitative estimate of drug-likeness (QED) is 0.930. The molecule has 0 radical (unpaired) electrons. The minimum Gasteiger partial charge on any atom is -0.508 e. The van der Waals surface area contributed by atoms with E-state index < -0.39 is 0 Å². The van der Waals surface area contributed by atoms with E-state index >= 15 is 0 Å². The number of phenolic OH excluding ortho intramolecular Hbond substituents is 1. The van der Waals surface area contributed by atoms with Crippen molar-refractivity contribution < 1.29 is 14.6 Å². The first-order valence-corrected chi connectivity index (χ1v) is 6.29. The van der Waals surface area contributed by atoms with Crippen LogP contribution in [0, 0.1) is 0 Å². The second kappa shape index (κ2) is 6.10. The largest absolute Gasteiger partial charge is 0.508 e. The molecule has 0 aliphatic carbocycles. The Hall–Kier alpha value is -2.49. The second-order valence-corrected chi connectivity index (χ2v) is 4.46. The van der Waals surface area contributed by atoms with Crippen LogP contribution in [0.5, 0.6) is 11.5 Å². The van der Waals surface area contributed by atoms with Gasteiger partial charge in [0.15, 0.2) is 0 Å². The number of amides is 1. The van der Waals surface area contributed by atoms with E-state index in [9.17, 15) is 9.90 Å². The smallest absolute Gasteiger partial charge is 0.231 e. The Balaban J connectivity index is 2.14. The first-order valence-electron chi connectivity index (χ1n) is 6.29. The Morgan fingerprint density at radius 3 is 2.65 bits per heavy atom. The molecule has 20 heavy (non-hydrogen) atoms. The number of ether oxygens (including phenoxy) is 1. The van der Waals surface area contributed by atoms with E-state index in [1.54, 1.807) is 49.4 Å². The van der Waals surface area contributed by atoms with Crippen molar-refractivity contribution >= 4 is 11.6 Å². The van der Waals surface area contributed by atoms with E-state index in [0.717, 1.165) is 5.69 Å². The fourth-order valence-corrected chi connectivity index (χ4v) is 1.90. The molecule has 0 fully saturated rings. The number of benzene rings is 2. The second-order valence-electron chi connectivity index (χ2n) is 4.46. The van der Waals surface area contributed by atoms with Crippen molar-refractivity contribution in [3.05, 3.63) is 54.1 Å². The fourth-order valence-electron chi connectivity index (χ4n) is 1.90. The lowest BCUT2D eigenvalue weighted by Crippen LogP contribution is -2.27. The Bertz CT molecular complexity index is 610. The number of hydrogen-bond acceptors (Lipinski definition) is 3. The number of carbonyl (C=O) groups excluding carboxylic acids is 1. The Kier molecular flexibility index (Phi) is 4.25. The third-order valence-electron chi connectivity index (χ3n) is 3.15. The van der Waals surface area contributed by atoms with Gasteiger partial charge in [0.1, 0.15) is 11.5 Å². The van der Waals surface area contributed by atoms with Crippen molar-refractivity contribution in [1.82, 2.24) is 0 Å². The SMILES string of the molecule is COc1cccc(N(C)C(=O)Cc2ccccc2O)c1. The van der Waals surface area contributed by atoms with Crippen molar-refractivity contribution in [3.8, 4) is 11.5 Å². The number of likely N-dealkylation sites (N-methyl/N-ethyl adjacent to an activating group) is 1. The molecule has 1 amide bonds. The highest BCUT2D eigenvalue weighted by Gasteiger charge is 2.14. The van der Waals surface area contributed by atoms with E-state index in [4.69, 9.17) is 4.74 Å². The maximum atomic E-state index is 12.2. The van der Waals surface area contributed by atoms with Gasteiger partial charge in [-0.25, -0.2) is 0 Å². The average Bonchev–Trinajstić information content (AvgIpc) is 2.48. The van der Waals surface area contributed by atoms with Gasteiger partial charge in [0.25, 0.3) is 0 Å². The topological polar surface area (TPSA) is 49.8 Å². The highest BCUT2D eigenvalue weighted by molar-refractivity contribution is 5.94. The molecule has 0 unspecified atom stereocenters. The van der Waals surface area contributed by atoms with Crippen LogP contribution >= 0.6 is 0 Å². The zero-order valence-corrected chi connectivity index (χ0v) is 11.5. The van der Waals surface area contributed by atoms with Crippen LogP contribution in [-0.2, 0) is 11.2 Å². The summed E-state index contributed by atoms with van der Waals surface area (Å²) in [6.07, 6.45) is 0.153. The van der Waals surface area contributed by atoms with Crippen LogP contribution in [0.1, 0.15) is 5.56 Å². The summed E-state index contributed by atoms with van der Waals surface area (Å²) < 4.78 is 5.14. The molecule has 104 valence electrons. The van der Waals surface area contributed by atoms with Gasteiger partial charge in [-0.3, -0.25) is 4.79 Å². The fraction of sp³-hybridized carbons (Fsp3) is 0.188. The zero-order chi connectivity index (χ0) is 14.5. The van der Waals surface area contributed by atoms with E-state index in [1.165, 1.54) is 0 Å². The minimum atomic E-state index is -0.0975. The van der Waals surface area contributed by atoms with Crippen molar-refractivity contribution in [3.63, 3.8) is 0 Å². The summed E-state index contributed by atoms with van der Waals surface area (Å²) in [5, 5.41) is 9.70. The molecule has 1 N–H and O–H groups in total. The molecule has 0 bridgehead atoms. The standard InChI is InChI=1S/C16H17NO3/c1-17(13-7-5-8-14(11-13)20-2)16(19)10-12-6-3-4-9-15(12)18/h3-9,11,18H,10H2,1-2H3. The van der Waals surface area contributed by atoms with E-state index in [0.29, 0.717) is 11.3 Å². The first kappa shape index (κ1) is 13.9. The number of anilines is 1. The van der Waals surface area contributed by atoms with Crippen molar-refractivity contribution in [2.24, 2.45) is 0 Å².